The van der Waals surface area contributed by atoms with Crippen LogP contribution in [0.2, 0.25) is 5.02 Å². The maximum atomic E-state index is 14.5. The SMILES string of the molecule is CCCCCN(CCCCC)C(=O)N1CCN(C(=O)N(c2ccccc2)c2cccc(Cl)c2)[C@H](C(=O)NCCCCN(CC)CC)C1. The number of carbonyl (C=O) groups excluding carboxylic acids is 3. The molecule has 1 saturated heterocycles. The zero-order valence-electron chi connectivity index (χ0n) is 29.1. The average molecular weight is 669 g/mol. The van der Waals surface area contributed by atoms with Crippen molar-refractivity contribution in [1.29, 1.82) is 0 Å². The largest absolute Gasteiger partial charge is 0.354 e. The van der Waals surface area contributed by atoms with Gasteiger partial charge in [0, 0.05) is 37.7 Å². The predicted octanol–water partition coefficient (Wildman–Crippen LogP) is 7.62. The summed E-state index contributed by atoms with van der Waals surface area (Å²) in [5, 5.41) is 3.62. The maximum absolute atomic E-state index is 14.5. The van der Waals surface area contributed by atoms with Gasteiger partial charge in [0.15, 0.2) is 0 Å². The molecule has 0 aromatic heterocycles. The van der Waals surface area contributed by atoms with Gasteiger partial charge in [0.05, 0.1) is 17.9 Å². The molecule has 1 fully saturated rings. The zero-order valence-corrected chi connectivity index (χ0v) is 29.9. The van der Waals surface area contributed by atoms with E-state index in [0.29, 0.717) is 42.6 Å². The topological polar surface area (TPSA) is 79.4 Å². The number of piperazine rings is 1. The number of hydrogen-bond donors (Lipinski definition) is 1. The molecule has 2 aromatic carbocycles. The standard InChI is InChI=1S/C37H57ClN6O3/c1-5-9-15-25-41(26-16-10-6-2)36(46)42-27-28-43(34(30-42)35(45)39-23-14-17-24-40(7-3)8-4)37(47)44(32-20-12-11-13-21-32)33-22-18-19-31(38)29-33/h11-13,18-22,29,34H,5-10,14-17,23-28,30H2,1-4H3,(H,39,45)/t34-/m0/s1. The van der Waals surface area contributed by atoms with E-state index in [-0.39, 0.29) is 31.1 Å². The summed E-state index contributed by atoms with van der Waals surface area (Å²) < 4.78 is 0. The van der Waals surface area contributed by atoms with Crippen LogP contribution >= 0.6 is 11.6 Å². The van der Waals surface area contributed by atoms with Gasteiger partial charge in [-0.25, -0.2) is 9.59 Å². The van der Waals surface area contributed by atoms with Gasteiger partial charge in [-0.15, -0.1) is 0 Å². The van der Waals surface area contributed by atoms with Crippen molar-refractivity contribution in [1.82, 2.24) is 24.9 Å². The lowest BCUT2D eigenvalue weighted by molar-refractivity contribution is -0.127. The molecule has 260 valence electrons. The van der Waals surface area contributed by atoms with Gasteiger partial charge in [-0.2, -0.15) is 0 Å². The first-order valence-corrected chi connectivity index (χ1v) is 18.2. The first kappa shape index (κ1) is 38.2. The Labute approximate surface area is 288 Å². The van der Waals surface area contributed by atoms with E-state index >= 15 is 0 Å². The van der Waals surface area contributed by atoms with E-state index in [2.05, 4.69) is 37.9 Å². The van der Waals surface area contributed by atoms with Crippen LogP contribution in [0.1, 0.15) is 79.1 Å². The Bertz CT molecular complexity index is 1220. The first-order chi connectivity index (χ1) is 22.8. The van der Waals surface area contributed by atoms with Crippen LogP contribution in [0.15, 0.2) is 54.6 Å². The molecule has 0 radical (unpaired) electrons. The minimum atomic E-state index is -0.832. The number of halogens is 1. The van der Waals surface area contributed by atoms with E-state index in [0.717, 1.165) is 71.0 Å². The van der Waals surface area contributed by atoms with Crippen molar-refractivity contribution in [3.63, 3.8) is 0 Å². The number of unbranched alkanes of at least 4 members (excludes halogenated alkanes) is 5. The molecule has 47 heavy (non-hydrogen) atoms. The maximum Gasteiger partial charge on any atom is 0.329 e. The summed E-state index contributed by atoms with van der Waals surface area (Å²) in [5.74, 6) is -0.235. The molecule has 1 aliphatic rings. The van der Waals surface area contributed by atoms with E-state index in [1.165, 1.54) is 0 Å². The highest BCUT2D eigenvalue weighted by molar-refractivity contribution is 6.31. The molecule has 0 saturated carbocycles. The molecule has 5 amide bonds. The Balaban J connectivity index is 1.86. The van der Waals surface area contributed by atoms with Crippen LogP contribution in [-0.4, -0.2) is 103 Å². The fourth-order valence-corrected chi connectivity index (χ4v) is 6.22. The van der Waals surface area contributed by atoms with Gasteiger partial charge in [-0.1, -0.05) is 89.2 Å². The van der Waals surface area contributed by atoms with Gasteiger partial charge in [-0.05, 0) is 75.6 Å². The van der Waals surface area contributed by atoms with Gasteiger partial charge >= 0.3 is 12.1 Å². The lowest BCUT2D eigenvalue weighted by Gasteiger charge is -2.43. The van der Waals surface area contributed by atoms with E-state index in [9.17, 15) is 14.4 Å². The Morgan fingerprint density at radius 3 is 2.02 bits per heavy atom. The zero-order chi connectivity index (χ0) is 34.0. The Hall–Kier alpha value is -3.30. The highest BCUT2D eigenvalue weighted by Crippen LogP contribution is 2.30. The third-order valence-corrected chi connectivity index (χ3v) is 9.13. The normalized spacial score (nSPS) is 14.7. The lowest BCUT2D eigenvalue weighted by Crippen LogP contribution is -2.64. The van der Waals surface area contributed by atoms with E-state index in [1.807, 2.05) is 47.4 Å². The molecule has 0 spiro atoms. The Morgan fingerprint density at radius 1 is 0.766 bits per heavy atom. The number of nitrogens with zero attached hydrogens (tertiary/aromatic N) is 5. The molecule has 0 aliphatic carbocycles. The van der Waals surface area contributed by atoms with Crippen molar-refractivity contribution in [2.45, 2.75) is 85.1 Å². The summed E-state index contributed by atoms with van der Waals surface area (Å²) in [6, 6.07) is 15.4. The number of rotatable bonds is 18. The van der Waals surface area contributed by atoms with Crippen LogP contribution in [0.25, 0.3) is 0 Å². The minimum absolute atomic E-state index is 0.0453. The Kier molecular flexibility index (Phi) is 16.9. The van der Waals surface area contributed by atoms with Crippen molar-refractivity contribution in [3.05, 3.63) is 59.6 Å². The second-order valence-corrected chi connectivity index (χ2v) is 12.7. The van der Waals surface area contributed by atoms with Gasteiger partial charge in [0.25, 0.3) is 0 Å². The van der Waals surface area contributed by atoms with E-state index < -0.39 is 6.04 Å². The number of para-hydroxylation sites is 1. The summed E-state index contributed by atoms with van der Waals surface area (Å²) in [4.78, 5) is 51.7. The summed E-state index contributed by atoms with van der Waals surface area (Å²) in [6.07, 6.45) is 8.02. The van der Waals surface area contributed by atoms with Gasteiger partial charge in [0.2, 0.25) is 5.91 Å². The quantitative estimate of drug-likeness (QED) is 0.166. The third-order valence-electron chi connectivity index (χ3n) is 8.90. The monoisotopic (exact) mass is 668 g/mol. The third kappa shape index (κ3) is 11.7. The van der Waals surface area contributed by atoms with Gasteiger partial charge in [-0.3, -0.25) is 9.69 Å². The van der Waals surface area contributed by atoms with Crippen LogP contribution in [0, 0.1) is 0 Å². The van der Waals surface area contributed by atoms with Gasteiger partial charge < -0.3 is 24.9 Å². The number of anilines is 2. The second-order valence-electron chi connectivity index (χ2n) is 12.3. The molecule has 1 aliphatic heterocycles. The number of hydrogen-bond acceptors (Lipinski definition) is 4. The highest BCUT2D eigenvalue weighted by Gasteiger charge is 2.40. The molecule has 0 bridgehead atoms. The van der Waals surface area contributed by atoms with Crippen molar-refractivity contribution in [3.8, 4) is 0 Å². The van der Waals surface area contributed by atoms with E-state index in [4.69, 9.17) is 11.6 Å². The number of benzene rings is 2. The Morgan fingerprint density at radius 2 is 1.40 bits per heavy atom. The number of urea groups is 2. The fourth-order valence-electron chi connectivity index (χ4n) is 6.04. The van der Waals surface area contributed by atoms with Crippen LogP contribution in [0.4, 0.5) is 21.0 Å². The second kappa shape index (κ2) is 20.8. The first-order valence-electron chi connectivity index (χ1n) is 17.8. The number of amides is 5. The van der Waals surface area contributed by atoms with Crippen LogP contribution in [-0.2, 0) is 4.79 Å². The molecule has 0 unspecified atom stereocenters. The molecular formula is C37H57ClN6O3. The fraction of sp³-hybridized carbons (Fsp3) is 0.595. The van der Waals surface area contributed by atoms with Crippen molar-refractivity contribution in [2.24, 2.45) is 0 Å². The van der Waals surface area contributed by atoms with E-state index in [1.54, 1.807) is 26.8 Å². The summed E-state index contributed by atoms with van der Waals surface area (Å²) in [6.45, 7) is 14.3. The molecule has 1 N–H and O–H groups in total. The summed E-state index contributed by atoms with van der Waals surface area (Å²) in [5.41, 5.74) is 1.28. The van der Waals surface area contributed by atoms with Crippen molar-refractivity contribution < 1.29 is 14.4 Å². The highest BCUT2D eigenvalue weighted by atomic mass is 35.5. The molecule has 9 nitrogen and oxygen atoms in total. The minimum Gasteiger partial charge on any atom is -0.354 e. The number of carbonyl (C=O) groups is 3. The molecule has 10 heteroatoms. The molecular weight excluding hydrogens is 612 g/mol. The molecule has 2 aromatic rings. The van der Waals surface area contributed by atoms with Crippen LogP contribution < -0.4 is 10.2 Å². The summed E-state index contributed by atoms with van der Waals surface area (Å²) in [7, 11) is 0. The average Bonchev–Trinajstić information content (AvgIpc) is 3.09. The molecule has 1 atom stereocenters. The lowest BCUT2D eigenvalue weighted by atomic mass is 10.1. The van der Waals surface area contributed by atoms with Crippen LogP contribution in [0.5, 0.6) is 0 Å². The van der Waals surface area contributed by atoms with Gasteiger partial charge in [0.1, 0.15) is 6.04 Å². The number of nitrogens with one attached hydrogen (secondary N) is 1. The van der Waals surface area contributed by atoms with Crippen molar-refractivity contribution in [2.75, 3.05) is 63.8 Å². The van der Waals surface area contributed by atoms with Crippen molar-refractivity contribution >= 4 is 40.9 Å². The predicted molar refractivity (Wildman–Crippen MR) is 194 cm³/mol. The molecule has 1 heterocycles. The van der Waals surface area contributed by atoms with Crippen LogP contribution in [0.3, 0.4) is 0 Å². The smallest absolute Gasteiger partial charge is 0.329 e. The summed E-state index contributed by atoms with van der Waals surface area (Å²) >= 11 is 6.37. The molecule has 3 rings (SSSR count).